The lowest BCUT2D eigenvalue weighted by molar-refractivity contribution is -0.140. The minimum atomic E-state index is -4.20. The number of hydrogen-bond donors (Lipinski definition) is 1. The number of sulfonamides is 1. The minimum absolute atomic E-state index is 0.0220. The highest BCUT2D eigenvalue weighted by molar-refractivity contribution is 7.92. The molecule has 0 spiro atoms. The molecule has 41 heavy (non-hydrogen) atoms. The van der Waals surface area contributed by atoms with E-state index in [-0.39, 0.29) is 39.1 Å². The number of halogens is 2. The minimum Gasteiger partial charge on any atom is -0.352 e. The summed E-state index contributed by atoms with van der Waals surface area (Å²) in [7, 11) is -4.20. The molecule has 7 nitrogen and oxygen atoms in total. The van der Waals surface area contributed by atoms with Crippen LogP contribution in [0.1, 0.15) is 50.3 Å². The van der Waals surface area contributed by atoms with Crippen LogP contribution in [-0.4, -0.2) is 43.8 Å². The highest BCUT2D eigenvalue weighted by Crippen LogP contribution is 2.31. The number of anilines is 1. The Hall–Kier alpha value is -3.07. The van der Waals surface area contributed by atoms with Gasteiger partial charge < -0.3 is 10.2 Å². The van der Waals surface area contributed by atoms with E-state index in [1.54, 1.807) is 12.1 Å². The van der Waals surface area contributed by atoms with Crippen molar-refractivity contribution in [2.45, 2.75) is 71.0 Å². The van der Waals surface area contributed by atoms with Crippen molar-refractivity contribution in [3.05, 3.63) is 93.5 Å². The number of hydrogen-bond acceptors (Lipinski definition) is 4. The maximum absolute atomic E-state index is 14.1. The Morgan fingerprint density at radius 3 is 2.15 bits per heavy atom. The van der Waals surface area contributed by atoms with Crippen LogP contribution in [-0.2, 0) is 26.2 Å². The van der Waals surface area contributed by atoms with Crippen LogP contribution >= 0.6 is 23.2 Å². The number of nitrogens with one attached hydrogen (secondary N) is 1. The molecule has 220 valence electrons. The molecule has 0 aliphatic carbocycles. The van der Waals surface area contributed by atoms with Gasteiger partial charge in [0.25, 0.3) is 10.0 Å². The fourth-order valence-corrected chi connectivity index (χ4v) is 6.07. The van der Waals surface area contributed by atoms with E-state index in [0.29, 0.717) is 6.42 Å². The van der Waals surface area contributed by atoms with Crippen LogP contribution in [0.15, 0.2) is 71.6 Å². The molecule has 3 aromatic rings. The predicted octanol–water partition coefficient (Wildman–Crippen LogP) is 6.53. The van der Waals surface area contributed by atoms with Crippen LogP contribution in [0.3, 0.4) is 0 Å². The summed E-state index contributed by atoms with van der Waals surface area (Å²) < 4.78 is 28.9. The van der Waals surface area contributed by atoms with Crippen LogP contribution < -0.4 is 9.62 Å². The molecule has 0 heterocycles. The van der Waals surface area contributed by atoms with Crippen molar-refractivity contribution in [3.8, 4) is 0 Å². The molecule has 3 aromatic carbocycles. The number of benzene rings is 3. The predicted molar refractivity (Wildman–Crippen MR) is 166 cm³/mol. The summed E-state index contributed by atoms with van der Waals surface area (Å²) in [6, 6.07) is 17.6. The van der Waals surface area contributed by atoms with Crippen LogP contribution in [0.25, 0.3) is 0 Å². The second-order valence-corrected chi connectivity index (χ2v) is 12.9. The monoisotopic (exact) mass is 617 g/mol. The van der Waals surface area contributed by atoms with Gasteiger partial charge in [-0.15, -0.1) is 0 Å². The maximum Gasteiger partial charge on any atom is 0.264 e. The Labute approximate surface area is 253 Å². The van der Waals surface area contributed by atoms with Gasteiger partial charge in [0.2, 0.25) is 11.8 Å². The zero-order chi connectivity index (χ0) is 30.3. The zero-order valence-corrected chi connectivity index (χ0v) is 26.4. The van der Waals surface area contributed by atoms with Gasteiger partial charge in [-0.2, -0.15) is 0 Å². The molecule has 0 fully saturated rings. The Balaban J connectivity index is 2.09. The Morgan fingerprint density at radius 2 is 1.56 bits per heavy atom. The molecule has 10 heteroatoms. The fraction of sp³-hybridized carbons (Fsp3) is 0.355. The van der Waals surface area contributed by atoms with Crippen LogP contribution in [0.2, 0.25) is 10.0 Å². The topological polar surface area (TPSA) is 86.8 Å². The summed E-state index contributed by atoms with van der Waals surface area (Å²) in [5, 5.41) is 3.38. The second kappa shape index (κ2) is 14.2. The Bertz CT molecular complexity index is 1480. The van der Waals surface area contributed by atoms with Crippen LogP contribution in [0.4, 0.5) is 5.69 Å². The molecule has 2 atom stereocenters. The molecule has 0 saturated carbocycles. The van der Waals surface area contributed by atoms with E-state index >= 15 is 0 Å². The molecule has 0 saturated heterocycles. The van der Waals surface area contributed by atoms with Gasteiger partial charge in [-0.1, -0.05) is 84.6 Å². The van der Waals surface area contributed by atoms with Crippen molar-refractivity contribution in [3.63, 3.8) is 0 Å². The number of nitrogens with zero attached hydrogens (tertiary/aromatic N) is 2. The Morgan fingerprint density at radius 1 is 0.878 bits per heavy atom. The second-order valence-electron chi connectivity index (χ2n) is 10.2. The number of rotatable bonds is 12. The summed E-state index contributed by atoms with van der Waals surface area (Å²) in [5.41, 5.74) is 2.91. The molecular weight excluding hydrogens is 581 g/mol. The van der Waals surface area contributed by atoms with Gasteiger partial charge >= 0.3 is 0 Å². The van der Waals surface area contributed by atoms with Crippen molar-refractivity contribution < 1.29 is 18.0 Å². The molecule has 0 unspecified atom stereocenters. The molecule has 0 bridgehead atoms. The lowest BCUT2D eigenvalue weighted by atomic mass is 10.1. The number of carbonyl (C=O) groups excluding carboxylic acids is 2. The quantitative estimate of drug-likeness (QED) is 0.250. The third-order valence-electron chi connectivity index (χ3n) is 6.90. The lowest BCUT2D eigenvalue weighted by Crippen LogP contribution is -2.53. The summed E-state index contributed by atoms with van der Waals surface area (Å²) in [4.78, 5) is 29.0. The van der Waals surface area contributed by atoms with Gasteiger partial charge in [-0.05, 0) is 69.5 Å². The van der Waals surface area contributed by atoms with E-state index in [9.17, 15) is 18.0 Å². The van der Waals surface area contributed by atoms with Gasteiger partial charge in [-0.3, -0.25) is 13.9 Å². The van der Waals surface area contributed by atoms with Gasteiger partial charge in [0.05, 0.1) is 20.6 Å². The van der Waals surface area contributed by atoms with Gasteiger partial charge in [0.15, 0.2) is 0 Å². The van der Waals surface area contributed by atoms with Crippen LogP contribution in [0, 0.1) is 13.8 Å². The molecule has 0 aromatic heterocycles. The standard InChI is InChI=1S/C31H37Cl2N3O4S/c1-6-23(5)34-31(38)29(7-2)35(19-24-10-8-9-22(4)17-24)30(37)20-36(25-13-16-27(32)28(33)18-25)41(39,40)26-14-11-21(3)12-15-26/h8-18,23,29H,6-7,19-20H2,1-5H3,(H,34,38)/t23-,29+/m1/s1. The average molecular weight is 619 g/mol. The summed E-state index contributed by atoms with van der Waals surface area (Å²) in [6.07, 6.45) is 1.07. The van der Waals surface area contributed by atoms with Gasteiger partial charge in [0.1, 0.15) is 12.6 Å². The summed E-state index contributed by atoms with van der Waals surface area (Å²) in [6.45, 7) is 9.08. The van der Waals surface area contributed by atoms with E-state index in [2.05, 4.69) is 5.32 Å². The zero-order valence-electron chi connectivity index (χ0n) is 24.0. The van der Waals surface area contributed by atoms with Gasteiger partial charge in [-0.25, -0.2) is 8.42 Å². The molecule has 0 aliphatic rings. The van der Waals surface area contributed by atoms with Crippen molar-refractivity contribution >= 4 is 50.7 Å². The first kappa shape index (κ1) is 32.4. The van der Waals surface area contributed by atoms with Crippen LogP contribution in [0.5, 0.6) is 0 Å². The largest absolute Gasteiger partial charge is 0.352 e. The third kappa shape index (κ3) is 8.24. The molecule has 2 amide bonds. The van der Waals surface area contributed by atoms with Crippen molar-refractivity contribution in [1.82, 2.24) is 10.2 Å². The smallest absolute Gasteiger partial charge is 0.264 e. The summed E-state index contributed by atoms with van der Waals surface area (Å²) in [5.74, 6) is -0.815. The fourth-order valence-electron chi connectivity index (χ4n) is 4.37. The number of amides is 2. The first-order chi connectivity index (χ1) is 19.4. The number of carbonyl (C=O) groups is 2. The van der Waals surface area contributed by atoms with E-state index in [0.717, 1.165) is 27.4 Å². The average Bonchev–Trinajstić information content (AvgIpc) is 2.93. The highest BCUT2D eigenvalue weighted by atomic mass is 35.5. The van der Waals surface area contributed by atoms with Crippen molar-refractivity contribution in [2.24, 2.45) is 0 Å². The normalized spacial score (nSPS) is 12.9. The SMILES string of the molecule is CC[C@@H](C)NC(=O)[C@H](CC)N(Cc1cccc(C)c1)C(=O)CN(c1ccc(Cl)c(Cl)c1)S(=O)(=O)c1ccc(C)cc1. The van der Waals surface area contributed by atoms with E-state index < -0.39 is 28.5 Å². The first-order valence-electron chi connectivity index (χ1n) is 13.6. The van der Waals surface area contributed by atoms with E-state index in [1.807, 2.05) is 58.9 Å². The third-order valence-corrected chi connectivity index (χ3v) is 9.43. The number of aryl methyl sites for hydroxylation is 2. The van der Waals surface area contributed by atoms with Crippen molar-refractivity contribution in [1.29, 1.82) is 0 Å². The highest BCUT2D eigenvalue weighted by Gasteiger charge is 2.34. The molecule has 0 aliphatic heterocycles. The molecule has 3 rings (SSSR count). The van der Waals surface area contributed by atoms with Crippen molar-refractivity contribution in [2.75, 3.05) is 10.8 Å². The van der Waals surface area contributed by atoms with Gasteiger partial charge in [0, 0.05) is 12.6 Å². The first-order valence-corrected chi connectivity index (χ1v) is 15.8. The van der Waals surface area contributed by atoms with E-state index in [4.69, 9.17) is 23.2 Å². The maximum atomic E-state index is 14.1. The molecule has 1 N–H and O–H groups in total. The lowest BCUT2D eigenvalue weighted by Gasteiger charge is -2.34. The Kier molecular flexibility index (Phi) is 11.2. The molecular formula is C31H37Cl2N3O4S. The molecule has 0 radical (unpaired) electrons. The van der Waals surface area contributed by atoms with E-state index in [1.165, 1.54) is 35.2 Å². The summed E-state index contributed by atoms with van der Waals surface area (Å²) >= 11 is 12.4.